The van der Waals surface area contributed by atoms with Crippen molar-refractivity contribution in [2.75, 3.05) is 9.80 Å². The fourth-order valence-electron chi connectivity index (χ4n) is 8.20. The van der Waals surface area contributed by atoms with Crippen LogP contribution in [0.5, 0.6) is 0 Å². The molecule has 2 heteroatoms. The van der Waals surface area contributed by atoms with Crippen LogP contribution in [0.1, 0.15) is 54.8 Å². The number of hydrogen-bond donors (Lipinski definition) is 0. The van der Waals surface area contributed by atoms with Crippen LogP contribution in [0.25, 0.3) is 33.9 Å². The molecule has 3 aliphatic rings. The van der Waals surface area contributed by atoms with Crippen LogP contribution in [-0.4, -0.2) is 0 Å². The van der Waals surface area contributed by atoms with Crippen molar-refractivity contribution < 1.29 is 0 Å². The molecule has 1 atom stereocenters. The van der Waals surface area contributed by atoms with Crippen LogP contribution in [0, 0.1) is 0 Å². The normalized spacial score (nSPS) is 16.1. The first-order chi connectivity index (χ1) is 26.8. The van der Waals surface area contributed by atoms with Crippen molar-refractivity contribution in [2.24, 2.45) is 0 Å². The number of benzene rings is 6. The molecule has 0 fully saturated rings. The van der Waals surface area contributed by atoms with Crippen molar-refractivity contribution >= 4 is 28.7 Å². The molecule has 2 nitrogen and oxygen atoms in total. The van der Waals surface area contributed by atoms with Crippen molar-refractivity contribution in [3.05, 3.63) is 222 Å². The lowest BCUT2D eigenvalue weighted by atomic mass is 9.90. The first-order valence-electron chi connectivity index (χ1n) is 19.3. The first-order valence-corrected chi connectivity index (χ1v) is 19.3. The molecule has 1 unspecified atom stereocenters. The summed E-state index contributed by atoms with van der Waals surface area (Å²) in [5.74, 6) is 0. The number of rotatable bonds is 9. The maximum atomic E-state index is 2.58. The minimum atomic E-state index is 0.244. The zero-order chi connectivity index (χ0) is 36.1. The Bertz CT molecular complexity index is 2380. The van der Waals surface area contributed by atoms with Gasteiger partial charge in [0.2, 0.25) is 0 Å². The van der Waals surface area contributed by atoms with Gasteiger partial charge in [-0.1, -0.05) is 152 Å². The maximum Gasteiger partial charge on any atom is 0.0628 e. The average Bonchev–Trinajstić information content (AvgIpc) is 3.26. The van der Waals surface area contributed by atoms with Crippen molar-refractivity contribution in [3.63, 3.8) is 0 Å². The van der Waals surface area contributed by atoms with Gasteiger partial charge in [-0.05, 0) is 125 Å². The van der Waals surface area contributed by atoms with E-state index in [1.165, 1.54) is 61.6 Å². The van der Waals surface area contributed by atoms with E-state index in [1.807, 2.05) is 0 Å². The third-order valence-corrected chi connectivity index (χ3v) is 11.0. The van der Waals surface area contributed by atoms with E-state index in [-0.39, 0.29) is 6.04 Å². The Labute approximate surface area is 320 Å². The Kier molecular flexibility index (Phi) is 9.48. The predicted molar refractivity (Wildman–Crippen MR) is 229 cm³/mol. The van der Waals surface area contributed by atoms with Gasteiger partial charge in [0, 0.05) is 28.5 Å². The highest BCUT2D eigenvalue weighted by atomic mass is 15.2. The van der Waals surface area contributed by atoms with Gasteiger partial charge in [-0.25, -0.2) is 0 Å². The molecule has 0 saturated heterocycles. The molecule has 0 amide bonds. The summed E-state index contributed by atoms with van der Waals surface area (Å²) in [7, 11) is 0. The lowest BCUT2D eigenvalue weighted by Gasteiger charge is -2.39. The third kappa shape index (κ3) is 6.91. The van der Waals surface area contributed by atoms with Gasteiger partial charge < -0.3 is 9.80 Å². The van der Waals surface area contributed by atoms with E-state index >= 15 is 0 Å². The molecule has 0 bridgehead atoms. The summed E-state index contributed by atoms with van der Waals surface area (Å²) in [6.07, 6.45) is 21.3. The number of allylic oxidation sites excluding steroid dienone is 8. The van der Waals surface area contributed by atoms with Crippen molar-refractivity contribution in [2.45, 2.75) is 38.1 Å². The molecule has 0 saturated carbocycles. The SMILES string of the molecule is C1=CC(c2ccc(-c3ccc(N(C4=CC=C(N(c5ccccc5)C5CC=Cc6ccccc65)CC4)c4ccc(-c5ccccc5)cc4)cc3)cc2)=CCC1. The highest BCUT2D eigenvalue weighted by Gasteiger charge is 2.28. The van der Waals surface area contributed by atoms with E-state index in [1.54, 1.807) is 0 Å². The standard InChI is InChI=1S/C52H44N2/c1-4-13-39(14-5-1)41-23-25-42(26-24-41)44-29-33-48(34-30-44)53(47-31-27-43(28-32-47)40-15-6-2-7-16-40)49-35-37-50(38-36-49)54(46-19-8-3-9-20-46)52-22-12-18-45-17-10-11-21-51(45)52/h2-4,6-21,23-35,37,52H,1,5,22,36,38H2. The lowest BCUT2D eigenvalue weighted by Crippen LogP contribution is -2.30. The van der Waals surface area contributed by atoms with Gasteiger partial charge in [0.05, 0.1) is 6.04 Å². The second kappa shape index (κ2) is 15.3. The molecule has 0 aliphatic heterocycles. The molecule has 9 rings (SSSR count). The van der Waals surface area contributed by atoms with E-state index in [9.17, 15) is 0 Å². The predicted octanol–water partition coefficient (Wildman–Crippen LogP) is 14.1. The molecule has 0 N–H and O–H groups in total. The second-order valence-corrected chi connectivity index (χ2v) is 14.3. The number of hydrogen-bond acceptors (Lipinski definition) is 2. The van der Waals surface area contributed by atoms with Crippen molar-refractivity contribution in [1.29, 1.82) is 0 Å². The zero-order valence-corrected chi connectivity index (χ0v) is 30.6. The Hall–Kier alpha value is -6.38. The molecule has 0 spiro atoms. The maximum absolute atomic E-state index is 2.58. The summed E-state index contributed by atoms with van der Waals surface area (Å²) in [4.78, 5) is 5.03. The molecule has 3 aliphatic carbocycles. The van der Waals surface area contributed by atoms with E-state index in [0.717, 1.165) is 43.5 Å². The molecule has 0 radical (unpaired) electrons. The van der Waals surface area contributed by atoms with Crippen LogP contribution in [0.15, 0.2) is 206 Å². The fourth-order valence-corrected chi connectivity index (χ4v) is 8.20. The molecule has 6 aromatic rings. The highest BCUT2D eigenvalue weighted by Crippen LogP contribution is 2.42. The van der Waals surface area contributed by atoms with Crippen LogP contribution in [0.3, 0.4) is 0 Å². The van der Waals surface area contributed by atoms with Crippen LogP contribution in [0.2, 0.25) is 0 Å². The number of fused-ring (bicyclic) bond motifs is 1. The minimum Gasteiger partial charge on any atom is -0.337 e. The number of anilines is 3. The molecule has 0 aromatic heterocycles. The first kappa shape index (κ1) is 33.5. The molecular formula is C52H44N2. The molecule has 262 valence electrons. The zero-order valence-electron chi connectivity index (χ0n) is 30.6. The third-order valence-electron chi connectivity index (χ3n) is 11.0. The van der Waals surface area contributed by atoms with Gasteiger partial charge in [0.15, 0.2) is 0 Å². The summed E-state index contributed by atoms with van der Waals surface area (Å²) < 4.78 is 0. The second-order valence-electron chi connectivity index (χ2n) is 14.3. The van der Waals surface area contributed by atoms with E-state index in [4.69, 9.17) is 0 Å². The van der Waals surface area contributed by atoms with Crippen molar-refractivity contribution in [3.8, 4) is 22.3 Å². The Morgan fingerprint density at radius 1 is 0.426 bits per heavy atom. The van der Waals surface area contributed by atoms with E-state index in [2.05, 4.69) is 210 Å². The van der Waals surface area contributed by atoms with Gasteiger partial charge in [-0.3, -0.25) is 0 Å². The smallest absolute Gasteiger partial charge is 0.0628 e. The van der Waals surface area contributed by atoms with Crippen LogP contribution in [-0.2, 0) is 0 Å². The van der Waals surface area contributed by atoms with Crippen LogP contribution in [0.4, 0.5) is 17.1 Å². The molecular weight excluding hydrogens is 653 g/mol. The average molecular weight is 697 g/mol. The lowest BCUT2D eigenvalue weighted by molar-refractivity contribution is 0.650. The summed E-state index contributed by atoms with van der Waals surface area (Å²) in [5, 5.41) is 0. The molecule has 54 heavy (non-hydrogen) atoms. The largest absolute Gasteiger partial charge is 0.337 e. The van der Waals surface area contributed by atoms with E-state index in [0.29, 0.717) is 0 Å². The Balaban J connectivity index is 1.06. The van der Waals surface area contributed by atoms with Crippen LogP contribution >= 0.6 is 0 Å². The van der Waals surface area contributed by atoms with Gasteiger partial charge >= 0.3 is 0 Å². The highest BCUT2D eigenvalue weighted by molar-refractivity contribution is 5.78. The summed E-state index contributed by atoms with van der Waals surface area (Å²) in [6.45, 7) is 0. The van der Waals surface area contributed by atoms with Crippen LogP contribution < -0.4 is 9.80 Å². The van der Waals surface area contributed by atoms with E-state index < -0.39 is 0 Å². The van der Waals surface area contributed by atoms with Gasteiger partial charge in [0.25, 0.3) is 0 Å². The van der Waals surface area contributed by atoms with Gasteiger partial charge in [-0.15, -0.1) is 0 Å². The summed E-state index contributed by atoms with van der Waals surface area (Å²) in [5.41, 5.74) is 16.4. The quantitative estimate of drug-likeness (QED) is 0.148. The minimum absolute atomic E-state index is 0.244. The number of nitrogens with zero attached hydrogens (tertiary/aromatic N) is 2. The summed E-state index contributed by atoms with van der Waals surface area (Å²) >= 11 is 0. The Morgan fingerprint density at radius 3 is 1.61 bits per heavy atom. The molecule has 0 heterocycles. The Morgan fingerprint density at radius 2 is 0.981 bits per heavy atom. The van der Waals surface area contributed by atoms with Gasteiger partial charge in [0.1, 0.15) is 0 Å². The molecule has 6 aromatic carbocycles. The fraction of sp³-hybridized carbons (Fsp3) is 0.115. The monoisotopic (exact) mass is 696 g/mol. The van der Waals surface area contributed by atoms with Gasteiger partial charge in [-0.2, -0.15) is 0 Å². The topological polar surface area (TPSA) is 6.48 Å². The summed E-state index contributed by atoms with van der Waals surface area (Å²) in [6, 6.07) is 57.8. The number of para-hydroxylation sites is 1. The van der Waals surface area contributed by atoms with Crippen molar-refractivity contribution in [1.82, 2.24) is 0 Å².